The molecule has 3 rings (SSSR count). The molecule has 0 aliphatic carbocycles. The summed E-state index contributed by atoms with van der Waals surface area (Å²) < 4.78 is 15.5. The van der Waals surface area contributed by atoms with Crippen LogP contribution in [0.15, 0.2) is 30.3 Å². The number of nitrogens with zero attached hydrogens (tertiary/aromatic N) is 3. The van der Waals surface area contributed by atoms with Crippen molar-refractivity contribution in [3.05, 3.63) is 36.0 Å². The van der Waals surface area contributed by atoms with Crippen molar-refractivity contribution in [1.82, 2.24) is 20.1 Å². The van der Waals surface area contributed by atoms with Crippen molar-refractivity contribution < 1.29 is 28.6 Å². The molecule has 3 amide bonds. The lowest BCUT2D eigenvalue weighted by molar-refractivity contribution is -0.142. The van der Waals surface area contributed by atoms with Gasteiger partial charge < -0.3 is 29.3 Å². The number of fused-ring (bicyclic) bond motifs is 1. The number of amides is 3. The van der Waals surface area contributed by atoms with Crippen molar-refractivity contribution in [1.29, 1.82) is 0 Å². The SMILES string of the molecule is COCCOCC(=O)N1CCN(C(=O)CNC(=O)c2cc(OC)c3ccccc3n2)CC1. The van der Waals surface area contributed by atoms with Crippen molar-refractivity contribution in [3.8, 4) is 5.75 Å². The normalized spacial score (nSPS) is 13.8. The predicted octanol–water partition coefficient (Wildman–Crippen LogP) is 0.307. The Morgan fingerprint density at radius 3 is 2.38 bits per heavy atom. The second kappa shape index (κ2) is 11.4. The van der Waals surface area contributed by atoms with Gasteiger partial charge in [-0.3, -0.25) is 14.4 Å². The lowest BCUT2D eigenvalue weighted by atomic mass is 10.1. The second-order valence-corrected chi connectivity index (χ2v) is 7.22. The Kier molecular flexibility index (Phi) is 8.34. The van der Waals surface area contributed by atoms with Crippen molar-refractivity contribution in [2.24, 2.45) is 0 Å². The van der Waals surface area contributed by atoms with Gasteiger partial charge >= 0.3 is 0 Å². The lowest BCUT2D eigenvalue weighted by Gasteiger charge is -2.34. The third kappa shape index (κ3) is 5.92. The Bertz CT molecular complexity index is 959. The van der Waals surface area contributed by atoms with Crippen LogP contribution < -0.4 is 10.1 Å². The molecule has 0 saturated carbocycles. The molecule has 10 nitrogen and oxygen atoms in total. The van der Waals surface area contributed by atoms with Gasteiger partial charge in [-0.25, -0.2) is 4.98 Å². The van der Waals surface area contributed by atoms with Gasteiger partial charge in [-0.15, -0.1) is 0 Å². The topological polar surface area (TPSA) is 110 Å². The number of aromatic nitrogens is 1. The van der Waals surface area contributed by atoms with Gasteiger partial charge in [0.05, 0.1) is 32.4 Å². The number of hydrogen-bond acceptors (Lipinski definition) is 7. The van der Waals surface area contributed by atoms with Crippen LogP contribution in [-0.2, 0) is 19.1 Å². The Hall–Kier alpha value is -3.24. The van der Waals surface area contributed by atoms with Gasteiger partial charge in [0.15, 0.2) is 0 Å². The molecule has 0 spiro atoms. The van der Waals surface area contributed by atoms with Crippen LogP contribution in [0, 0.1) is 0 Å². The molecule has 1 N–H and O–H groups in total. The molecule has 32 heavy (non-hydrogen) atoms. The smallest absolute Gasteiger partial charge is 0.270 e. The molecule has 1 aromatic heterocycles. The number of rotatable bonds is 9. The highest BCUT2D eigenvalue weighted by Crippen LogP contribution is 2.24. The quantitative estimate of drug-likeness (QED) is 0.554. The summed E-state index contributed by atoms with van der Waals surface area (Å²) in [6.45, 7) is 2.30. The first kappa shape index (κ1) is 23.4. The summed E-state index contributed by atoms with van der Waals surface area (Å²) in [5.74, 6) is -0.240. The molecule has 0 unspecified atom stereocenters. The van der Waals surface area contributed by atoms with Crippen LogP contribution in [0.1, 0.15) is 10.5 Å². The van der Waals surface area contributed by atoms with Crippen LogP contribution in [0.25, 0.3) is 10.9 Å². The van der Waals surface area contributed by atoms with Crippen LogP contribution in [0.4, 0.5) is 0 Å². The monoisotopic (exact) mass is 444 g/mol. The van der Waals surface area contributed by atoms with Crippen molar-refractivity contribution in [2.45, 2.75) is 0 Å². The Labute approximate surface area is 186 Å². The predicted molar refractivity (Wildman–Crippen MR) is 116 cm³/mol. The summed E-state index contributed by atoms with van der Waals surface area (Å²) in [7, 11) is 3.10. The number of nitrogens with one attached hydrogen (secondary N) is 1. The zero-order chi connectivity index (χ0) is 22.9. The van der Waals surface area contributed by atoms with E-state index in [4.69, 9.17) is 14.2 Å². The Morgan fingerprint density at radius 1 is 1.00 bits per heavy atom. The standard InChI is InChI=1S/C22H28N4O6/c1-30-11-12-32-15-21(28)26-9-7-25(8-10-26)20(27)14-23-22(29)18-13-19(31-2)16-5-3-4-6-17(16)24-18/h3-6,13H,7-12,14-15H2,1-2H3,(H,23,29). The Morgan fingerprint density at radius 2 is 1.69 bits per heavy atom. The van der Waals surface area contributed by atoms with Crippen LogP contribution in [-0.4, -0.2) is 99.3 Å². The van der Waals surface area contributed by atoms with Crippen LogP contribution in [0.2, 0.25) is 0 Å². The van der Waals surface area contributed by atoms with Crippen molar-refractivity contribution >= 4 is 28.6 Å². The van der Waals surface area contributed by atoms with Crippen LogP contribution in [0.5, 0.6) is 5.75 Å². The number of piperazine rings is 1. The minimum absolute atomic E-state index is 0.00438. The van der Waals surface area contributed by atoms with E-state index in [0.29, 0.717) is 50.7 Å². The number of pyridine rings is 1. The molecule has 1 aromatic carbocycles. The highest BCUT2D eigenvalue weighted by atomic mass is 16.5. The van der Waals surface area contributed by atoms with E-state index in [0.717, 1.165) is 5.39 Å². The second-order valence-electron chi connectivity index (χ2n) is 7.22. The van der Waals surface area contributed by atoms with Crippen LogP contribution >= 0.6 is 0 Å². The molecule has 1 aliphatic heterocycles. The van der Waals surface area contributed by atoms with E-state index < -0.39 is 5.91 Å². The molecule has 1 aliphatic rings. The van der Waals surface area contributed by atoms with E-state index in [1.807, 2.05) is 18.2 Å². The molecular weight excluding hydrogens is 416 g/mol. The first-order valence-electron chi connectivity index (χ1n) is 10.4. The zero-order valence-corrected chi connectivity index (χ0v) is 18.3. The number of benzene rings is 1. The van der Waals surface area contributed by atoms with E-state index in [1.54, 1.807) is 29.0 Å². The summed E-state index contributed by atoms with van der Waals surface area (Å²) in [5.41, 5.74) is 0.813. The zero-order valence-electron chi connectivity index (χ0n) is 18.3. The third-order valence-corrected chi connectivity index (χ3v) is 5.17. The van der Waals surface area contributed by atoms with E-state index in [-0.39, 0.29) is 30.7 Å². The molecule has 2 aromatic rings. The molecule has 0 radical (unpaired) electrons. The van der Waals surface area contributed by atoms with Gasteiger partial charge in [0, 0.05) is 44.7 Å². The number of ether oxygens (including phenoxy) is 3. The van der Waals surface area contributed by atoms with Crippen LogP contribution in [0.3, 0.4) is 0 Å². The number of methoxy groups -OCH3 is 2. The summed E-state index contributed by atoms with van der Waals surface area (Å²) >= 11 is 0. The lowest BCUT2D eigenvalue weighted by Crippen LogP contribution is -2.53. The van der Waals surface area contributed by atoms with Gasteiger partial charge in [-0.05, 0) is 12.1 Å². The average molecular weight is 444 g/mol. The molecule has 172 valence electrons. The molecule has 2 heterocycles. The van der Waals surface area contributed by atoms with E-state index in [1.165, 1.54) is 7.11 Å². The third-order valence-electron chi connectivity index (χ3n) is 5.17. The number of para-hydroxylation sites is 1. The summed E-state index contributed by atoms with van der Waals surface area (Å²) in [4.78, 5) is 44.9. The fourth-order valence-corrected chi connectivity index (χ4v) is 3.39. The van der Waals surface area contributed by atoms with Gasteiger partial charge in [0.25, 0.3) is 5.91 Å². The first-order valence-corrected chi connectivity index (χ1v) is 10.4. The van der Waals surface area contributed by atoms with Crippen molar-refractivity contribution in [3.63, 3.8) is 0 Å². The fourth-order valence-electron chi connectivity index (χ4n) is 3.39. The van der Waals surface area contributed by atoms with E-state index in [2.05, 4.69) is 10.3 Å². The molecule has 10 heteroatoms. The minimum atomic E-state index is -0.454. The maximum absolute atomic E-state index is 12.6. The molecule has 1 fully saturated rings. The minimum Gasteiger partial charge on any atom is -0.496 e. The number of carbonyl (C=O) groups is 3. The summed E-state index contributed by atoms with van der Waals surface area (Å²) in [5, 5.41) is 3.43. The van der Waals surface area contributed by atoms with Crippen molar-refractivity contribution in [2.75, 3.05) is 66.8 Å². The largest absolute Gasteiger partial charge is 0.496 e. The summed E-state index contributed by atoms with van der Waals surface area (Å²) in [6.07, 6.45) is 0. The van der Waals surface area contributed by atoms with Gasteiger partial charge in [0.1, 0.15) is 18.1 Å². The molecule has 1 saturated heterocycles. The highest BCUT2D eigenvalue weighted by molar-refractivity contribution is 5.98. The maximum Gasteiger partial charge on any atom is 0.270 e. The average Bonchev–Trinajstić information content (AvgIpc) is 2.84. The van der Waals surface area contributed by atoms with Gasteiger partial charge in [-0.2, -0.15) is 0 Å². The first-order chi connectivity index (χ1) is 15.5. The molecule has 0 bridgehead atoms. The highest BCUT2D eigenvalue weighted by Gasteiger charge is 2.24. The van der Waals surface area contributed by atoms with Gasteiger partial charge in [-0.1, -0.05) is 12.1 Å². The Balaban J connectivity index is 1.47. The van der Waals surface area contributed by atoms with E-state index >= 15 is 0 Å². The number of carbonyl (C=O) groups excluding carboxylic acids is 3. The van der Waals surface area contributed by atoms with Gasteiger partial charge in [0.2, 0.25) is 11.8 Å². The summed E-state index contributed by atoms with van der Waals surface area (Å²) in [6, 6.07) is 8.91. The van der Waals surface area contributed by atoms with E-state index in [9.17, 15) is 14.4 Å². The molecular formula is C22H28N4O6. The maximum atomic E-state index is 12.6. The number of hydrogen-bond donors (Lipinski definition) is 1. The fraction of sp³-hybridized carbons (Fsp3) is 0.455. The molecule has 0 atom stereocenters.